The lowest BCUT2D eigenvalue weighted by molar-refractivity contribution is -0.645. The number of fused-ring (bicyclic) bond motifs is 1. The molecule has 1 atom stereocenters. The normalized spacial score (nSPS) is 12.7. The predicted molar refractivity (Wildman–Crippen MR) is 75.0 cm³/mol. The monoisotopic (exact) mass is 244 g/mol. The van der Waals surface area contributed by atoms with Gasteiger partial charge in [0.25, 0.3) is 5.52 Å². The number of methoxy groups -OCH3 is 1. The zero-order valence-electron chi connectivity index (χ0n) is 11.7. The molecule has 18 heavy (non-hydrogen) atoms. The molecule has 2 heteroatoms. The highest BCUT2D eigenvalue weighted by Crippen LogP contribution is 2.30. The lowest BCUT2D eigenvalue weighted by atomic mass is 9.95. The van der Waals surface area contributed by atoms with Gasteiger partial charge in [-0.3, -0.25) is 0 Å². The van der Waals surface area contributed by atoms with Gasteiger partial charge in [-0.2, -0.15) is 4.57 Å². The van der Waals surface area contributed by atoms with Gasteiger partial charge in [-0.1, -0.05) is 20.3 Å². The van der Waals surface area contributed by atoms with Crippen LogP contribution in [0.4, 0.5) is 0 Å². The first-order valence-electron chi connectivity index (χ1n) is 6.63. The summed E-state index contributed by atoms with van der Waals surface area (Å²) in [5, 5.41) is 1.25. The Morgan fingerprint density at radius 3 is 2.78 bits per heavy atom. The Bertz CT molecular complexity index is 548. The van der Waals surface area contributed by atoms with Crippen LogP contribution in [-0.2, 0) is 7.05 Å². The molecular formula is C16H22NO+. The van der Waals surface area contributed by atoms with E-state index in [9.17, 15) is 0 Å². The average molecular weight is 244 g/mol. The van der Waals surface area contributed by atoms with Gasteiger partial charge in [-0.05, 0) is 36.1 Å². The van der Waals surface area contributed by atoms with E-state index < -0.39 is 0 Å². The summed E-state index contributed by atoms with van der Waals surface area (Å²) in [6, 6.07) is 8.71. The highest BCUT2D eigenvalue weighted by molar-refractivity contribution is 5.82. The van der Waals surface area contributed by atoms with Crippen molar-refractivity contribution in [2.45, 2.75) is 32.6 Å². The third kappa shape index (κ3) is 2.33. The number of ether oxygens (including phenoxy) is 1. The van der Waals surface area contributed by atoms with Gasteiger partial charge < -0.3 is 4.74 Å². The minimum Gasteiger partial charge on any atom is -0.490 e. The number of hydrogen-bond acceptors (Lipinski definition) is 1. The van der Waals surface area contributed by atoms with Crippen LogP contribution < -0.4 is 9.30 Å². The maximum absolute atomic E-state index is 5.56. The molecule has 0 spiro atoms. The molecule has 0 saturated heterocycles. The molecule has 1 aromatic heterocycles. The smallest absolute Gasteiger partial charge is 0.254 e. The number of aromatic nitrogens is 1. The van der Waals surface area contributed by atoms with E-state index in [2.05, 4.69) is 55.9 Å². The highest BCUT2D eigenvalue weighted by Gasteiger charge is 2.15. The van der Waals surface area contributed by atoms with Crippen LogP contribution in [0.2, 0.25) is 0 Å². The van der Waals surface area contributed by atoms with Crippen molar-refractivity contribution < 1.29 is 9.30 Å². The lowest BCUT2D eigenvalue weighted by Crippen LogP contribution is -2.28. The first-order valence-corrected chi connectivity index (χ1v) is 6.63. The Morgan fingerprint density at radius 2 is 2.11 bits per heavy atom. The molecule has 0 aliphatic carbocycles. The van der Waals surface area contributed by atoms with Crippen LogP contribution in [0.1, 0.15) is 38.2 Å². The second-order valence-corrected chi connectivity index (χ2v) is 4.97. The Hall–Kier alpha value is -1.57. The SMILES string of the molecule is CCCC(C)c1cc(OC)c2c(ccc[n+]2C)c1. The molecule has 0 aliphatic heterocycles. The van der Waals surface area contributed by atoms with Crippen molar-refractivity contribution in [2.24, 2.45) is 7.05 Å². The molecular weight excluding hydrogens is 222 g/mol. The van der Waals surface area contributed by atoms with Gasteiger partial charge in [-0.25, -0.2) is 0 Å². The molecule has 96 valence electrons. The number of aryl methyl sites for hydroxylation is 1. The minimum atomic E-state index is 0.582. The fraction of sp³-hybridized carbons (Fsp3) is 0.438. The summed E-state index contributed by atoms with van der Waals surface area (Å²) in [5.74, 6) is 1.55. The van der Waals surface area contributed by atoms with Crippen LogP contribution in [0.25, 0.3) is 10.9 Å². The summed E-state index contributed by atoms with van der Waals surface area (Å²) in [7, 11) is 3.80. The molecule has 0 fully saturated rings. The van der Waals surface area contributed by atoms with Crippen molar-refractivity contribution in [3.05, 3.63) is 36.0 Å². The number of nitrogens with zero attached hydrogens (tertiary/aromatic N) is 1. The van der Waals surface area contributed by atoms with Gasteiger partial charge in [0.1, 0.15) is 7.05 Å². The topological polar surface area (TPSA) is 13.1 Å². The van der Waals surface area contributed by atoms with Gasteiger partial charge in [0.15, 0.2) is 11.9 Å². The Kier molecular flexibility index (Phi) is 3.85. The molecule has 0 amide bonds. The molecule has 2 nitrogen and oxygen atoms in total. The average Bonchev–Trinajstić information content (AvgIpc) is 2.38. The van der Waals surface area contributed by atoms with Crippen molar-refractivity contribution in [3.63, 3.8) is 0 Å². The van der Waals surface area contributed by atoms with Crippen LogP contribution in [0, 0.1) is 0 Å². The first-order chi connectivity index (χ1) is 8.67. The Labute approximate surface area is 109 Å². The number of hydrogen-bond donors (Lipinski definition) is 0. The van der Waals surface area contributed by atoms with Crippen molar-refractivity contribution in [1.82, 2.24) is 0 Å². The van der Waals surface area contributed by atoms with E-state index in [1.165, 1.54) is 23.8 Å². The largest absolute Gasteiger partial charge is 0.490 e. The Morgan fingerprint density at radius 1 is 1.33 bits per heavy atom. The van der Waals surface area contributed by atoms with Crippen LogP contribution in [0.3, 0.4) is 0 Å². The second-order valence-electron chi connectivity index (χ2n) is 4.97. The molecule has 1 unspecified atom stereocenters. The highest BCUT2D eigenvalue weighted by atomic mass is 16.5. The van der Waals surface area contributed by atoms with Gasteiger partial charge in [-0.15, -0.1) is 0 Å². The maximum atomic E-state index is 5.56. The second kappa shape index (κ2) is 5.38. The standard InChI is InChI=1S/C16H22NO/c1-5-7-12(2)14-10-13-8-6-9-17(3)16(13)15(11-14)18-4/h6,8-12H,5,7H2,1-4H3/q+1. The number of rotatable bonds is 4. The fourth-order valence-electron chi connectivity index (χ4n) is 2.55. The van der Waals surface area contributed by atoms with Gasteiger partial charge >= 0.3 is 0 Å². The van der Waals surface area contributed by atoms with Crippen LogP contribution in [0.15, 0.2) is 30.5 Å². The lowest BCUT2D eigenvalue weighted by Gasteiger charge is -2.13. The maximum Gasteiger partial charge on any atom is 0.254 e. The zero-order valence-corrected chi connectivity index (χ0v) is 11.7. The third-order valence-corrected chi connectivity index (χ3v) is 3.58. The fourth-order valence-corrected chi connectivity index (χ4v) is 2.55. The molecule has 1 heterocycles. The first kappa shape index (κ1) is 12.9. The van der Waals surface area contributed by atoms with Gasteiger partial charge in [0.05, 0.1) is 12.5 Å². The van der Waals surface area contributed by atoms with E-state index in [0.717, 1.165) is 11.3 Å². The van der Waals surface area contributed by atoms with E-state index >= 15 is 0 Å². The van der Waals surface area contributed by atoms with Crippen LogP contribution in [-0.4, -0.2) is 7.11 Å². The third-order valence-electron chi connectivity index (χ3n) is 3.58. The Balaban J connectivity index is 2.60. The van der Waals surface area contributed by atoms with E-state index in [-0.39, 0.29) is 0 Å². The predicted octanol–water partition coefficient (Wildman–Crippen LogP) is 3.58. The van der Waals surface area contributed by atoms with Crippen molar-refractivity contribution in [3.8, 4) is 5.75 Å². The summed E-state index contributed by atoms with van der Waals surface area (Å²) in [6.07, 6.45) is 4.48. The zero-order chi connectivity index (χ0) is 13.1. The molecule has 0 saturated carbocycles. The minimum absolute atomic E-state index is 0.582. The number of benzene rings is 1. The summed E-state index contributed by atoms with van der Waals surface area (Å²) in [5.41, 5.74) is 2.53. The van der Waals surface area contributed by atoms with Crippen LogP contribution >= 0.6 is 0 Å². The van der Waals surface area contributed by atoms with Gasteiger partial charge in [0.2, 0.25) is 0 Å². The van der Waals surface area contributed by atoms with E-state index in [1.54, 1.807) is 7.11 Å². The van der Waals surface area contributed by atoms with Crippen molar-refractivity contribution in [1.29, 1.82) is 0 Å². The molecule has 2 rings (SSSR count). The van der Waals surface area contributed by atoms with Gasteiger partial charge in [0, 0.05) is 6.07 Å². The van der Waals surface area contributed by atoms with Crippen LogP contribution in [0.5, 0.6) is 5.75 Å². The molecule has 0 aliphatic rings. The van der Waals surface area contributed by atoms with Crippen molar-refractivity contribution >= 4 is 10.9 Å². The molecule has 0 bridgehead atoms. The summed E-state index contributed by atoms with van der Waals surface area (Å²) in [4.78, 5) is 0. The number of pyridine rings is 1. The van der Waals surface area contributed by atoms with E-state index in [0.29, 0.717) is 5.92 Å². The molecule has 2 aromatic rings. The van der Waals surface area contributed by atoms with Crippen molar-refractivity contribution in [2.75, 3.05) is 7.11 Å². The van der Waals surface area contributed by atoms with E-state index in [1.807, 2.05) is 0 Å². The summed E-state index contributed by atoms with van der Waals surface area (Å²) in [6.45, 7) is 4.52. The summed E-state index contributed by atoms with van der Waals surface area (Å²) < 4.78 is 7.67. The molecule has 0 radical (unpaired) electrons. The van der Waals surface area contributed by atoms with E-state index in [4.69, 9.17) is 4.74 Å². The molecule has 1 aromatic carbocycles. The summed E-state index contributed by atoms with van der Waals surface area (Å²) >= 11 is 0. The molecule has 0 N–H and O–H groups in total. The quantitative estimate of drug-likeness (QED) is 0.749.